The number of hydrogen-bond acceptors (Lipinski definition) is 8. The Hall–Kier alpha value is -2.10. The summed E-state index contributed by atoms with van der Waals surface area (Å²) in [5.74, 6) is 0.290. The Labute approximate surface area is 148 Å². The second kappa shape index (κ2) is 12.3. The largest absolute Gasteiger partial charge is 0.365 e. The predicted octanol–water partition coefficient (Wildman–Crippen LogP) is 1.64. The van der Waals surface area contributed by atoms with Crippen molar-refractivity contribution >= 4 is 18.6 Å². The van der Waals surface area contributed by atoms with Crippen LogP contribution < -0.4 is 5.32 Å². The lowest BCUT2D eigenvalue weighted by molar-refractivity contribution is -0.172. The van der Waals surface area contributed by atoms with Crippen LogP contribution in [-0.2, 0) is 9.57 Å². The minimum atomic E-state index is -1.31. The normalized spacial score (nSPS) is 16.6. The third-order valence-electron chi connectivity index (χ3n) is 3.34. The highest BCUT2D eigenvalue weighted by Gasteiger charge is 2.22. The minimum absolute atomic E-state index is 0.0488. The fraction of sp³-hybridized carbons (Fsp3) is 0.562. The van der Waals surface area contributed by atoms with Gasteiger partial charge in [-0.15, -0.1) is 0 Å². The molecule has 1 unspecified atom stereocenters. The van der Waals surface area contributed by atoms with Gasteiger partial charge in [-0.25, -0.2) is 9.38 Å². The van der Waals surface area contributed by atoms with Crippen LogP contribution in [0.5, 0.6) is 0 Å². The van der Waals surface area contributed by atoms with Crippen LogP contribution in [-0.4, -0.2) is 68.0 Å². The Morgan fingerprint density at radius 2 is 2.16 bits per heavy atom. The van der Waals surface area contributed by atoms with Crippen molar-refractivity contribution in [3.05, 3.63) is 23.7 Å². The number of halogens is 1. The van der Waals surface area contributed by atoms with Crippen molar-refractivity contribution in [2.45, 2.75) is 39.4 Å². The van der Waals surface area contributed by atoms with Gasteiger partial charge in [0.25, 0.3) is 0 Å². The number of aliphatic hydroxyl groups is 1. The fourth-order valence-corrected chi connectivity index (χ4v) is 1.73. The highest BCUT2D eigenvalue weighted by Crippen LogP contribution is 2.10. The molecule has 0 rings (SSSR count). The molecule has 0 bridgehead atoms. The second-order valence-electron chi connectivity index (χ2n) is 5.27. The number of aliphatic imine (C=N–C) groups is 1. The van der Waals surface area contributed by atoms with E-state index in [1.54, 1.807) is 27.8 Å². The van der Waals surface area contributed by atoms with Crippen molar-refractivity contribution < 1.29 is 19.1 Å². The lowest BCUT2D eigenvalue weighted by Gasteiger charge is -2.27. The summed E-state index contributed by atoms with van der Waals surface area (Å²) in [4.78, 5) is 9.93. The van der Waals surface area contributed by atoms with E-state index in [2.05, 4.69) is 22.2 Å². The van der Waals surface area contributed by atoms with E-state index >= 15 is 0 Å². The van der Waals surface area contributed by atoms with Crippen LogP contribution in [0.2, 0.25) is 0 Å². The molecule has 0 aliphatic heterocycles. The summed E-state index contributed by atoms with van der Waals surface area (Å²) in [5.41, 5.74) is 0.593. The highest BCUT2D eigenvalue weighted by atomic mass is 19.1. The van der Waals surface area contributed by atoms with E-state index in [0.717, 1.165) is 0 Å². The van der Waals surface area contributed by atoms with Gasteiger partial charge < -0.3 is 25.4 Å². The van der Waals surface area contributed by atoms with Crippen LogP contribution in [0, 0.1) is 5.41 Å². The monoisotopic (exact) mass is 357 g/mol. The third kappa shape index (κ3) is 8.52. The average Bonchev–Trinajstić information content (AvgIpc) is 2.61. The molecule has 0 aliphatic rings. The molecule has 9 heteroatoms. The van der Waals surface area contributed by atoms with Gasteiger partial charge in [-0.1, -0.05) is 5.16 Å². The number of methoxy groups -OCH3 is 1. The molecular formula is C16H28FN5O3. The number of hydrogen-bond donors (Lipinski definition) is 3. The zero-order valence-corrected chi connectivity index (χ0v) is 15.4. The van der Waals surface area contributed by atoms with E-state index in [-0.39, 0.29) is 12.3 Å². The molecule has 0 aromatic carbocycles. The first-order chi connectivity index (χ1) is 11.8. The van der Waals surface area contributed by atoms with Crippen molar-refractivity contribution in [2.75, 3.05) is 20.7 Å². The Bertz CT molecular complexity index is 522. The summed E-state index contributed by atoms with van der Waals surface area (Å²) in [5, 5.41) is 23.9. The number of nitrogens with zero attached hydrogens (tertiary/aromatic N) is 3. The van der Waals surface area contributed by atoms with Gasteiger partial charge in [0.1, 0.15) is 18.3 Å². The summed E-state index contributed by atoms with van der Waals surface area (Å²) in [7, 11) is 2.87. The van der Waals surface area contributed by atoms with Gasteiger partial charge in [-0.2, -0.15) is 0 Å². The molecule has 0 aromatic heterocycles. The molecule has 0 aliphatic carbocycles. The number of ether oxygens (including phenoxy) is 1. The van der Waals surface area contributed by atoms with Crippen molar-refractivity contribution in [1.82, 2.24) is 10.2 Å². The number of nitrogens with one attached hydrogen (secondary N) is 2. The molecule has 0 heterocycles. The van der Waals surface area contributed by atoms with E-state index in [0.29, 0.717) is 11.4 Å². The van der Waals surface area contributed by atoms with Gasteiger partial charge in [0.05, 0.1) is 11.8 Å². The van der Waals surface area contributed by atoms with Gasteiger partial charge in [0.2, 0.25) is 6.41 Å². The lowest BCUT2D eigenvalue weighted by atomic mass is 10.1. The van der Waals surface area contributed by atoms with Crippen LogP contribution in [0.25, 0.3) is 0 Å². The molecule has 3 N–H and O–H groups in total. The molecule has 0 fully saturated rings. The average molecular weight is 357 g/mol. The maximum atomic E-state index is 14.3. The first-order valence-corrected chi connectivity index (χ1v) is 7.67. The fourth-order valence-electron chi connectivity index (χ4n) is 1.73. The number of rotatable bonds is 12. The molecule has 0 amide bonds. The van der Waals surface area contributed by atoms with Crippen LogP contribution in [0.1, 0.15) is 20.8 Å². The summed E-state index contributed by atoms with van der Waals surface area (Å²) in [6.45, 7) is 8.40. The zero-order chi connectivity index (χ0) is 19.4. The van der Waals surface area contributed by atoms with E-state index in [1.165, 1.54) is 30.6 Å². The lowest BCUT2D eigenvalue weighted by Crippen LogP contribution is -2.44. The first kappa shape index (κ1) is 22.9. The van der Waals surface area contributed by atoms with E-state index in [4.69, 9.17) is 15.0 Å². The first-order valence-electron chi connectivity index (χ1n) is 7.67. The molecule has 0 aromatic rings. The van der Waals surface area contributed by atoms with Gasteiger partial charge >= 0.3 is 0 Å². The summed E-state index contributed by atoms with van der Waals surface area (Å²) in [6, 6.07) is -0.625. The molecular weight excluding hydrogens is 329 g/mol. The topological polar surface area (TPSA) is 103 Å². The summed E-state index contributed by atoms with van der Waals surface area (Å²) >= 11 is 0. The van der Waals surface area contributed by atoms with Crippen LogP contribution >= 0.6 is 0 Å². The number of alkyl halides is 1. The van der Waals surface area contributed by atoms with Crippen LogP contribution in [0.4, 0.5) is 4.39 Å². The third-order valence-corrected chi connectivity index (χ3v) is 3.34. The number of aliphatic hydroxyl groups excluding tert-OH is 1. The summed E-state index contributed by atoms with van der Waals surface area (Å²) in [6.07, 6.45) is 1.63. The standard InChI is InChI=1S/C16H28FN5O3/c1-7-20-25-9-8-14(18)11(2)15(19-4)21-12(3)13(17)10-22(5)16(23)24-6/h7-9,12-13,16,18,21,23H,4,10H2,1-3,5-6H3/b9-8+,15-11+,18-14?,20-7+/t12-,13+,16?/m0/s1. The van der Waals surface area contributed by atoms with E-state index < -0.39 is 18.6 Å². The molecule has 0 radical (unpaired) electrons. The molecule has 0 saturated heterocycles. The Kier molecular flexibility index (Phi) is 11.3. The van der Waals surface area contributed by atoms with Crippen LogP contribution in [0.15, 0.2) is 33.9 Å². The molecule has 8 nitrogen and oxygen atoms in total. The van der Waals surface area contributed by atoms with Crippen molar-refractivity contribution in [3.63, 3.8) is 0 Å². The maximum Gasteiger partial charge on any atom is 0.215 e. The SMILES string of the molecule is C=N/C(N[C@@H](C)[C@H](F)CN(C)C(O)OC)=C(/C)C(=N)/C=C/O/N=C/C. The Balaban J connectivity index is 4.90. The van der Waals surface area contributed by atoms with Crippen molar-refractivity contribution in [3.8, 4) is 0 Å². The summed E-state index contributed by atoms with van der Waals surface area (Å²) < 4.78 is 19.1. The van der Waals surface area contributed by atoms with Gasteiger partial charge in [0, 0.05) is 31.5 Å². The molecule has 0 saturated carbocycles. The van der Waals surface area contributed by atoms with Crippen LogP contribution in [0.3, 0.4) is 0 Å². The Morgan fingerprint density at radius 3 is 2.68 bits per heavy atom. The predicted molar refractivity (Wildman–Crippen MR) is 97.5 cm³/mol. The van der Waals surface area contributed by atoms with E-state index in [1.807, 2.05) is 0 Å². The van der Waals surface area contributed by atoms with Crippen molar-refractivity contribution in [2.24, 2.45) is 10.1 Å². The number of oxime groups is 1. The molecule has 142 valence electrons. The van der Waals surface area contributed by atoms with Crippen molar-refractivity contribution in [1.29, 1.82) is 5.41 Å². The van der Waals surface area contributed by atoms with Gasteiger partial charge in [-0.3, -0.25) is 4.90 Å². The smallest absolute Gasteiger partial charge is 0.215 e. The molecule has 25 heavy (non-hydrogen) atoms. The minimum Gasteiger partial charge on any atom is -0.365 e. The zero-order valence-electron chi connectivity index (χ0n) is 15.4. The van der Waals surface area contributed by atoms with Gasteiger partial charge in [0.15, 0.2) is 0 Å². The van der Waals surface area contributed by atoms with Gasteiger partial charge in [-0.05, 0) is 34.5 Å². The molecule has 3 atom stereocenters. The second-order valence-corrected chi connectivity index (χ2v) is 5.27. The highest BCUT2D eigenvalue weighted by molar-refractivity contribution is 6.06. The molecule has 0 spiro atoms. The maximum absolute atomic E-state index is 14.3. The number of allylic oxidation sites excluding steroid dienone is 2. The Morgan fingerprint density at radius 1 is 1.52 bits per heavy atom. The van der Waals surface area contributed by atoms with E-state index in [9.17, 15) is 9.50 Å². The quantitative estimate of drug-likeness (QED) is 0.213.